The Bertz CT molecular complexity index is 372. The van der Waals surface area contributed by atoms with Gasteiger partial charge in [0.25, 0.3) is 0 Å². The second kappa shape index (κ2) is 4.69. The zero-order valence-corrected chi connectivity index (χ0v) is 11.2. The fourth-order valence-electron chi connectivity index (χ4n) is 2.79. The second-order valence-corrected chi connectivity index (χ2v) is 5.41. The van der Waals surface area contributed by atoms with Crippen molar-refractivity contribution in [2.24, 2.45) is 11.1 Å². The van der Waals surface area contributed by atoms with E-state index in [1.807, 2.05) is 0 Å². The molecule has 94 valence electrons. The van der Waals surface area contributed by atoms with Gasteiger partial charge in [-0.3, -0.25) is 0 Å². The average molecular weight is 232 g/mol. The Morgan fingerprint density at radius 1 is 1.24 bits per heavy atom. The van der Waals surface area contributed by atoms with Gasteiger partial charge in [-0.2, -0.15) is 0 Å². The molecule has 0 aromatic heterocycles. The number of para-hydroxylation sites is 1. The minimum atomic E-state index is 0.115. The second-order valence-electron chi connectivity index (χ2n) is 5.41. The van der Waals surface area contributed by atoms with Crippen molar-refractivity contribution in [3.8, 4) is 0 Å². The third-order valence-corrected chi connectivity index (χ3v) is 4.32. The zero-order valence-electron chi connectivity index (χ0n) is 11.2. The van der Waals surface area contributed by atoms with Crippen LogP contribution in [0.5, 0.6) is 0 Å². The molecule has 2 N–H and O–H groups in total. The van der Waals surface area contributed by atoms with Crippen LogP contribution in [0.15, 0.2) is 24.3 Å². The van der Waals surface area contributed by atoms with Crippen molar-refractivity contribution in [1.29, 1.82) is 0 Å². The lowest BCUT2D eigenvalue weighted by Gasteiger charge is -2.51. The SMILES string of the molecule is CCC1(CC)CN(c2ccccc2C(C)N)C1. The van der Waals surface area contributed by atoms with Crippen LogP contribution in [0.1, 0.15) is 45.2 Å². The third kappa shape index (κ3) is 2.19. The highest BCUT2D eigenvalue weighted by Gasteiger charge is 2.40. The number of nitrogens with two attached hydrogens (primary N) is 1. The van der Waals surface area contributed by atoms with Crippen LogP contribution in [0.3, 0.4) is 0 Å². The smallest absolute Gasteiger partial charge is 0.0414 e. The Morgan fingerprint density at radius 2 is 1.82 bits per heavy atom. The summed E-state index contributed by atoms with van der Waals surface area (Å²) in [5.74, 6) is 0. The fourth-order valence-corrected chi connectivity index (χ4v) is 2.79. The van der Waals surface area contributed by atoms with Gasteiger partial charge >= 0.3 is 0 Å². The first-order valence-corrected chi connectivity index (χ1v) is 6.71. The Kier molecular flexibility index (Phi) is 3.43. The van der Waals surface area contributed by atoms with E-state index in [1.54, 1.807) is 0 Å². The lowest BCUT2D eigenvalue weighted by Crippen LogP contribution is -2.56. The van der Waals surface area contributed by atoms with Crippen molar-refractivity contribution in [2.75, 3.05) is 18.0 Å². The predicted molar refractivity (Wildman–Crippen MR) is 74.3 cm³/mol. The molecule has 1 aromatic rings. The van der Waals surface area contributed by atoms with Gasteiger partial charge in [0.2, 0.25) is 0 Å². The number of benzene rings is 1. The van der Waals surface area contributed by atoms with Crippen LogP contribution in [0.25, 0.3) is 0 Å². The summed E-state index contributed by atoms with van der Waals surface area (Å²) in [6, 6.07) is 8.66. The Balaban J connectivity index is 2.16. The molecular weight excluding hydrogens is 208 g/mol. The molecule has 0 amide bonds. The molecule has 1 atom stereocenters. The Morgan fingerprint density at radius 3 is 2.35 bits per heavy atom. The summed E-state index contributed by atoms with van der Waals surface area (Å²) in [5, 5.41) is 0. The highest BCUT2D eigenvalue weighted by atomic mass is 15.2. The van der Waals surface area contributed by atoms with Crippen LogP contribution in [-0.4, -0.2) is 13.1 Å². The van der Waals surface area contributed by atoms with Gasteiger partial charge in [-0.05, 0) is 31.4 Å². The van der Waals surface area contributed by atoms with Gasteiger partial charge in [0.1, 0.15) is 0 Å². The first-order chi connectivity index (χ1) is 8.12. The van der Waals surface area contributed by atoms with Gasteiger partial charge in [0.05, 0.1) is 0 Å². The quantitative estimate of drug-likeness (QED) is 0.862. The van der Waals surface area contributed by atoms with Gasteiger partial charge in [-0.25, -0.2) is 0 Å². The number of anilines is 1. The molecule has 0 radical (unpaired) electrons. The summed E-state index contributed by atoms with van der Waals surface area (Å²) in [7, 11) is 0. The molecule has 2 heteroatoms. The molecule has 1 aliphatic heterocycles. The van der Waals surface area contributed by atoms with Gasteiger partial charge < -0.3 is 10.6 Å². The predicted octanol–water partition coefficient (Wildman–Crippen LogP) is 3.33. The number of hydrogen-bond donors (Lipinski definition) is 1. The number of rotatable bonds is 4. The standard InChI is InChI=1S/C15H24N2/c1-4-15(5-2)10-17(11-15)14-9-7-6-8-13(14)12(3)16/h6-9,12H,4-5,10-11,16H2,1-3H3. The van der Waals surface area contributed by atoms with Gasteiger partial charge in [-0.15, -0.1) is 0 Å². The lowest BCUT2D eigenvalue weighted by molar-refractivity contribution is 0.194. The summed E-state index contributed by atoms with van der Waals surface area (Å²) in [6.45, 7) is 9.04. The van der Waals surface area contributed by atoms with E-state index in [1.165, 1.54) is 37.2 Å². The minimum absolute atomic E-state index is 0.115. The molecule has 1 unspecified atom stereocenters. The maximum absolute atomic E-state index is 6.04. The Hall–Kier alpha value is -1.02. The van der Waals surface area contributed by atoms with E-state index in [4.69, 9.17) is 5.73 Å². The largest absolute Gasteiger partial charge is 0.370 e. The van der Waals surface area contributed by atoms with E-state index >= 15 is 0 Å². The topological polar surface area (TPSA) is 29.3 Å². The molecule has 0 aliphatic carbocycles. The van der Waals surface area contributed by atoms with Crippen molar-refractivity contribution in [3.63, 3.8) is 0 Å². The van der Waals surface area contributed by atoms with Gasteiger partial charge in [0, 0.05) is 30.2 Å². The van der Waals surface area contributed by atoms with Crippen molar-refractivity contribution >= 4 is 5.69 Å². The van der Waals surface area contributed by atoms with Crippen LogP contribution in [0.4, 0.5) is 5.69 Å². The molecular formula is C15H24N2. The van der Waals surface area contributed by atoms with Gasteiger partial charge in [0.15, 0.2) is 0 Å². The zero-order chi connectivity index (χ0) is 12.5. The minimum Gasteiger partial charge on any atom is -0.370 e. The van der Waals surface area contributed by atoms with Crippen molar-refractivity contribution < 1.29 is 0 Å². The van der Waals surface area contributed by atoms with E-state index in [9.17, 15) is 0 Å². The normalized spacial score (nSPS) is 19.9. The summed E-state index contributed by atoms with van der Waals surface area (Å²) in [6.07, 6.45) is 2.56. The summed E-state index contributed by atoms with van der Waals surface area (Å²) >= 11 is 0. The summed E-state index contributed by atoms with van der Waals surface area (Å²) in [4.78, 5) is 2.48. The third-order valence-electron chi connectivity index (χ3n) is 4.32. The molecule has 0 bridgehead atoms. The first kappa shape index (κ1) is 12.4. The van der Waals surface area contributed by atoms with Crippen molar-refractivity contribution in [2.45, 2.75) is 39.7 Å². The maximum atomic E-state index is 6.04. The molecule has 2 rings (SSSR count). The molecule has 1 aromatic carbocycles. The van der Waals surface area contributed by atoms with Crippen molar-refractivity contribution in [1.82, 2.24) is 0 Å². The number of hydrogen-bond acceptors (Lipinski definition) is 2. The van der Waals surface area contributed by atoms with E-state index in [0.717, 1.165) is 0 Å². The molecule has 1 heterocycles. The summed E-state index contributed by atoms with van der Waals surface area (Å²) < 4.78 is 0. The van der Waals surface area contributed by atoms with Crippen LogP contribution in [0, 0.1) is 5.41 Å². The average Bonchev–Trinajstić information content (AvgIpc) is 2.29. The highest BCUT2D eigenvalue weighted by molar-refractivity contribution is 5.57. The summed E-state index contributed by atoms with van der Waals surface area (Å²) in [5.41, 5.74) is 9.19. The molecule has 0 spiro atoms. The molecule has 1 aliphatic rings. The molecule has 1 saturated heterocycles. The lowest BCUT2D eigenvalue weighted by atomic mass is 9.74. The first-order valence-electron chi connectivity index (χ1n) is 6.71. The van der Waals surface area contributed by atoms with Crippen LogP contribution in [-0.2, 0) is 0 Å². The molecule has 0 saturated carbocycles. The Labute approximate surface area is 105 Å². The van der Waals surface area contributed by atoms with Crippen molar-refractivity contribution in [3.05, 3.63) is 29.8 Å². The van der Waals surface area contributed by atoms with Crippen LogP contribution in [0.2, 0.25) is 0 Å². The van der Waals surface area contributed by atoms with E-state index in [-0.39, 0.29) is 6.04 Å². The molecule has 1 fully saturated rings. The molecule has 2 nitrogen and oxygen atoms in total. The van der Waals surface area contributed by atoms with Gasteiger partial charge in [-0.1, -0.05) is 32.0 Å². The van der Waals surface area contributed by atoms with E-state index in [0.29, 0.717) is 5.41 Å². The highest BCUT2D eigenvalue weighted by Crippen LogP contribution is 2.41. The number of nitrogens with zero attached hydrogens (tertiary/aromatic N) is 1. The molecule has 17 heavy (non-hydrogen) atoms. The van der Waals surface area contributed by atoms with Crippen LogP contribution >= 0.6 is 0 Å². The van der Waals surface area contributed by atoms with E-state index < -0.39 is 0 Å². The fraction of sp³-hybridized carbons (Fsp3) is 0.600. The monoisotopic (exact) mass is 232 g/mol. The van der Waals surface area contributed by atoms with E-state index in [2.05, 4.69) is 49.9 Å². The van der Waals surface area contributed by atoms with Crippen LogP contribution < -0.4 is 10.6 Å². The maximum Gasteiger partial charge on any atom is 0.0414 e.